The lowest BCUT2D eigenvalue weighted by Gasteiger charge is -2.36. The normalized spacial score (nSPS) is 24.7. The molecule has 2 atom stereocenters. The first-order valence-electron chi connectivity index (χ1n) is 5.66. The molecule has 1 saturated heterocycles. The van der Waals surface area contributed by atoms with Crippen LogP contribution in [0.2, 0.25) is 0 Å². The van der Waals surface area contributed by atoms with Crippen molar-refractivity contribution in [1.82, 2.24) is 4.98 Å². The molecule has 5 heteroatoms. The zero-order valence-corrected chi connectivity index (χ0v) is 10.8. The number of rotatable bonds is 2. The molecular formula is C12H16N2O2S. The molecule has 1 aromatic heterocycles. The van der Waals surface area contributed by atoms with Crippen LogP contribution in [-0.2, 0) is 0 Å². The Kier molecular flexibility index (Phi) is 3.57. The quantitative estimate of drug-likeness (QED) is 0.873. The molecule has 1 fully saturated rings. The third-order valence-electron chi connectivity index (χ3n) is 2.75. The number of aromatic carboxylic acids is 1. The molecule has 1 N–H and O–H groups in total. The Morgan fingerprint density at radius 1 is 1.41 bits per heavy atom. The Morgan fingerprint density at radius 2 is 2.06 bits per heavy atom. The number of nitrogens with zero attached hydrogens (tertiary/aromatic N) is 2. The van der Waals surface area contributed by atoms with Gasteiger partial charge >= 0.3 is 5.97 Å². The summed E-state index contributed by atoms with van der Waals surface area (Å²) in [7, 11) is 0. The Bertz CT molecular complexity index is 397. The van der Waals surface area contributed by atoms with Gasteiger partial charge in [-0.2, -0.15) is 11.8 Å². The van der Waals surface area contributed by atoms with Crippen molar-refractivity contribution in [3.63, 3.8) is 0 Å². The predicted molar refractivity (Wildman–Crippen MR) is 69.9 cm³/mol. The van der Waals surface area contributed by atoms with Gasteiger partial charge in [-0.15, -0.1) is 0 Å². The van der Waals surface area contributed by atoms with Gasteiger partial charge in [0.15, 0.2) is 0 Å². The van der Waals surface area contributed by atoms with E-state index in [0.717, 1.165) is 18.8 Å². The van der Waals surface area contributed by atoms with Crippen molar-refractivity contribution in [3.05, 3.63) is 24.0 Å². The number of carboxylic acid groups (broad SMARTS) is 1. The second kappa shape index (κ2) is 4.96. The van der Waals surface area contributed by atoms with E-state index < -0.39 is 5.97 Å². The molecule has 2 heterocycles. The highest BCUT2D eigenvalue weighted by Gasteiger charge is 2.22. The Morgan fingerprint density at radius 3 is 2.53 bits per heavy atom. The second-order valence-corrected chi connectivity index (χ2v) is 6.25. The van der Waals surface area contributed by atoms with Gasteiger partial charge < -0.3 is 10.0 Å². The summed E-state index contributed by atoms with van der Waals surface area (Å²) in [6, 6.07) is 3.40. The lowest BCUT2D eigenvalue weighted by Crippen LogP contribution is -2.40. The third-order valence-corrected chi connectivity index (χ3v) is 3.98. The first-order chi connectivity index (χ1) is 8.06. The van der Waals surface area contributed by atoms with E-state index in [1.54, 1.807) is 12.3 Å². The largest absolute Gasteiger partial charge is 0.477 e. The van der Waals surface area contributed by atoms with Gasteiger partial charge in [-0.25, -0.2) is 9.78 Å². The van der Waals surface area contributed by atoms with E-state index >= 15 is 0 Å². The molecule has 0 radical (unpaired) electrons. The van der Waals surface area contributed by atoms with Crippen molar-refractivity contribution in [3.8, 4) is 0 Å². The van der Waals surface area contributed by atoms with Gasteiger partial charge in [0.1, 0.15) is 5.69 Å². The van der Waals surface area contributed by atoms with Crippen LogP contribution in [0.4, 0.5) is 5.69 Å². The molecule has 0 bridgehead atoms. The van der Waals surface area contributed by atoms with E-state index in [-0.39, 0.29) is 5.69 Å². The summed E-state index contributed by atoms with van der Waals surface area (Å²) in [5.41, 5.74) is 1.11. The van der Waals surface area contributed by atoms with Crippen molar-refractivity contribution in [1.29, 1.82) is 0 Å². The molecule has 0 aliphatic carbocycles. The average Bonchev–Trinajstić information content (AvgIpc) is 2.28. The molecule has 1 aromatic rings. The zero-order valence-electron chi connectivity index (χ0n) is 9.96. The molecule has 0 spiro atoms. The highest BCUT2D eigenvalue weighted by atomic mass is 32.2. The van der Waals surface area contributed by atoms with Crippen LogP contribution < -0.4 is 4.90 Å². The number of carbonyl (C=O) groups is 1. The molecule has 0 aromatic carbocycles. The predicted octanol–water partition coefficient (Wildman–Crippen LogP) is 2.11. The van der Waals surface area contributed by atoms with Crippen LogP contribution in [-0.4, -0.2) is 39.6 Å². The first-order valence-corrected chi connectivity index (χ1v) is 6.60. The van der Waals surface area contributed by atoms with Gasteiger partial charge in [0.25, 0.3) is 0 Å². The first kappa shape index (κ1) is 12.2. The minimum Gasteiger partial charge on any atom is -0.477 e. The van der Waals surface area contributed by atoms with Gasteiger partial charge in [0.2, 0.25) is 0 Å². The Hall–Kier alpha value is -1.23. The van der Waals surface area contributed by atoms with Crippen molar-refractivity contribution < 1.29 is 9.90 Å². The molecule has 4 nitrogen and oxygen atoms in total. The highest BCUT2D eigenvalue weighted by molar-refractivity contribution is 8.00. The van der Waals surface area contributed by atoms with Crippen molar-refractivity contribution in [2.75, 3.05) is 18.0 Å². The molecule has 92 valence electrons. The minimum absolute atomic E-state index is 0.0984. The Balaban J connectivity index is 2.14. The summed E-state index contributed by atoms with van der Waals surface area (Å²) < 4.78 is 0. The van der Waals surface area contributed by atoms with Gasteiger partial charge in [-0.05, 0) is 12.1 Å². The van der Waals surface area contributed by atoms with Gasteiger partial charge in [-0.1, -0.05) is 13.8 Å². The maximum absolute atomic E-state index is 10.7. The summed E-state index contributed by atoms with van der Waals surface area (Å²) in [6.45, 7) is 6.41. The number of anilines is 1. The molecule has 0 amide bonds. The Labute approximate surface area is 105 Å². The maximum Gasteiger partial charge on any atom is 0.354 e. The lowest BCUT2D eigenvalue weighted by atomic mass is 10.2. The SMILES string of the molecule is CC1CN(c2ccc(C(=O)O)nc2)CC(C)S1. The monoisotopic (exact) mass is 252 g/mol. The van der Waals surface area contributed by atoms with E-state index in [1.165, 1.54) is 0 Å². The van der Waals surface area contributed by atoms with Crippen molar-refractivity contribution >= 4 is 23.4 Å². The molecule has 1 aliphatic rings. The molecular weight excluding hydrogens is 236 g/mol. The summed E-state index contributed by atoms with van der Waals surface area (Å²) in [5.74, 6) is -0.979. The van der Waals surface area contributed by atoms with E-state index in [0.29, 0.717) is 10.5 Å². The van der Waals surface area contributed by atoms with Crippen LogP contribution in [0.5, 0.6) is 0 Å². The van der Waals surface area contributed by atoms with Crippen LogP contribution in [0.3, 0.4) is 0 Å². The van der Waals surface area contributed by atoms with Crippen molar-refractivity contribution in [2.24, 2.45) is 0 Å². The molecule has 0 saturated carbocycles. The second-order valence-electron chi connectivity index (χ2n) is 4.37. The fourth-order valence-corrected chi connectivity index (χ4v) is 3.41. The van der Waals surface area contributed by atoms with Crippen LogP contribution >= 0.6 is 11.8 Å². The van der Waals surface area contributed by atoms with Gasteiger partial charge in [0.05, 0.1) is 11.9 Å². The number of pyridine rings is 1. The zero-order chi connectivity index (χ0) is 12.4. The molecule has 2 rings (SSSR count). The smallest absolute Gasteiger partial charge is 0.354 e. The average molecular weight is 252 g/mol. The summed E-state index contributed by atoms with van der Waals surface area (Å²) in [5, 5.41) is 9.98. The van der Waals surface area contributed by atoms with Gasteiger partial charge in [0, 0.05) is 23.6 Å². The number of carboxylic acids is 1. The third kappa shape index (κ3) is 2.91. The molecule has 17 heavy (non-hydrogen) atoms. The van der Waals surface area contributed by atoms with Crippen LogP contribution in [0.15, 0.2) is 18.3 Å². The summed E-state index contributed by atoms with van der Waals surface area (Å²) >= 11 is 1.99. The lowest BCUT2D eigenvalue weighted by molar-refractivity contribution is 0.0690. The standard InChI is InChI=1S/C12H16N2O2S/c1-8-6-14(7-9(2)17-8)10-3-4-11(12(15)16)13-5-10/h3-5,8-9H,6-7H2,1-2H3,(H,15,16). The van der Waals surface area contributed by atoms with Crippen LogP contribution in [0, 0.1) is 0 Å². The van der Waals surface area contributed by atoms with E-state index in [2.05, 4.69) is 23.7 Å². The van der Waals surface area contributed by atoms with Crippen LogP contribution in [0.1, 0.15) is 24.3 Å². The molecule has 2 unspecified atom stereocenters. The van der Waals surface area contributed by atoms with Crippen molar-refractivity contribution in [2.45, 2.75) is 24.3 Å². The minimum atomic E-state index is -0.979. The topological polar surface area (TPSA) is 53.4 Å². The maximum atomic E-state index is 10.7. The fourth-order valence-electron chi connectivity index (χ4n) is 2.09. The molecule has 1 aliphatic heterocycles. The number of aromatic nitrogens is 1. The summed E-state index contributed by atoms with van der Waals surface area (Å²) in [4.78, 5) is 16.9. The number of hydrogen-bond donors (Lipinski definition) is 1. The van der Waals surface area contributed by atoms with Crippen LogP contribution in [0.25, 0.3) is 0 Å². The number of hydrogen-bond acceptors (Lipinski definition) is 4. The van der Waals surface area contributed by atoms with E-state index in [4.69, 9.17) is 5.11 Å². The highest BCUT2D eigenvalue weighted by Crippen LogP contribution is 2.28. The number of thioether (sulfide) groups is 1. The fraction of sp³-hybridized carbons (Fsp3) is 0.500. The van der Waals surface area contributed by atoms with Gasteiger partial charge in [-0.3, -0.25) is 0 Å². The van der Waals surface area contributed by atoms with E-state index in [1.807, 2.05) is 17.8 Å². The van der Waals surface area contributed by atoms with E-state index in [9.17, 15) is 4.79 Å². The summed E-state index contributed by atoms with van der Waals surface area (Å²) in [6.07, 6.45) is 1.65.